The Balaban J connectivity index is 1.83. The topological polar surface area (TPSA) is 74.2 Å². The lowest BCUT2D eigenvalue weighted by Crippen LogP contribution is -1.94. The molecule has 23 heavy (non-hydrogen) atoms. The van der Waals surface area contributed by atoms with E-state index in [1.165, 1.54) is 10.7 Å². The van der Waals surface area contributed by atoms with Gasteiger partial charge >= 0.3 is 0 Å². The smallest absolute Gasteiger partial charge is 0.234 e. The number of aromatic hydroxyl groups is 1. The maximum absolute atomic E-state index is 10.0. The standard InChI is InChI=1S/C17H10N4OS/c18-7-13-8-19-16-14(9-20-21(16)17(13)22)15-6-12(10-23-15)11-4-2-1-3-5-11/h1-6,8-10,22H. The van der Waals surface area contributed by atoms with Crippen LogP contribution in [0.1, 0.15) is 5.56 Å². The van der Waals surface area contributed by atoms with E-state index in [0.29, 0.717) is 5.65 Å². The van der Waals surface area contributed by atoms with Crippen molar-refractivity contribution in [2.45, 2.75) is 0 Å². The van der Waals surface area contributed by atoms with Crippen molar-refractivity contribution in [3.8, 4) is 33.5 Å². The molecule has 0 saturated carbocycles. The molecule has 0 bridgehead atoms. The minimum Gasteiger partial charge on any atom is -0.492 e. The first kappa shape index (κ1) is 13.5. The summed E-state index contributed by atoms with van der Waals surface area (Å²) >= 11 is 1.59. The van der Waals surface area contributed by atoms with Gasteiger partial charge in [0.25, 0.3) is 0 Å². The predicted molar refractivity (Wildman–Crippen MR) is 88.1 cm³/mol. The molecular weight excluding hydrogens is 308 g/mol. The van der Waals surface area contributed by atoms with Crippen molar-refractivity contribution in [2.75, 3.05) is 0 Å². The van der Waals surface area contributed by atoms with Crippen LogP contribution in [0.5, 0.6) is 5.88 Å². The van der Waals surface area contributed by atoms with Gasteiger partial charge in [-0.15, -0.1) is 11.3 Å². The highest BCUT2D eigenvalue weighted by atomic mass is 32.1. The van der Waals surface area contributed by atoms with E-state index in [2.05, 4.69) is 33.7 Å². The van der Waals surface area contributed by atoms with Crippen LogP contribution in [-0.2, 0) is 0 Å². The summed E-state index contributed by atoms with van der Waals surface area (Å²) in [5.41, 5.74) is 3.74. The van der Waals surface area contributed by atoms with E-state index in [1.807, 2.05) is 24.3 Å². The van der Waals surface area contributed by atoms with Crippen LogP contribution in [0.4, 0.5) is 0 Å². The number of benzene rings is 1. The SMILES string of the molecule is N#Cc1cnc2c(-c3cc(-c4ccccc4)cs3)cnn2c1O. The fraction of sp³-hybridized carbons (Fsp3) is 0. The average molecular weight is 318 g/mol. The average Bonchev–Trinajstić information content (AvgIpc) is 3.23. The summed E-state index contributed by atoms with van der Waals surface area (Å²) in [6.45, 7) is 0. The fourth-order valence-electron chi connectivity index (χ4n) is 2.43. The molecule has 1 aromatic carbocycles. The third-order valence-electron chi connectivity index (χ3n) is 3.59. The molecule has 5 nitrogen and oxygen atoms in total. The molecule has 0 fully saturated rings. The van der Waals surface area contributed by atoms with Gasteiger partial charge in [-0.25, -0.2) is 4.98 Å². The van der Waals surface area contributed by atoms with Crippen molar-refractivity contribution in [3.05, 3.63) is 59.7 Å². The van der Waals surface area contributed by atoms with Crippen molar-refractivity contribution in [2.24, 2.45) is 0 Å². The number of thiophene rings is 1. The third kappa shape index (κ3) is 2.15. The fourth-order valence-corrected chi connectivity index (χ4v) is 3.35. The summed E-state index contributed by atoms with van der Waals surface area (Å²) in [5, 5.41) is 25.2. The zero-order valence-electron chi connectivity index (χ0n) is 11.8. The van der Waals surface area contributed by atoms with E-state index in [9.17, 15) is 5.11 Å². The van der Waals surface area contributed by atoms with Crippen LogP contribution in [0.2, 0.25) is 0 Å². The van der Waals surface area contributed by atoms with Gasteiger partial charge in [0.2, 0.25) is 5.88 Å². The highest BCUT2D eigenvalue weighted by Gasteiger charge is 2.15. The molecule has 0 unspecified atom stereocenters. The largest absolute Gasteiger partial charge is 0.492 e. The second kappa shape index (κ2) is 5.23. The van der Waals surface area contributed by atoms with Crippen LogP contribution in [0.25, 0.3) is 27.2 Å². The lowest BCUT2D eigenvalue weighted by Gasteiger charge is -1.99. The van der Waals surface area contributed by atoms with Crippen LogP contribution in [0.15, 0.2) is 54.2 Å². The van der Waals surface area contributed by atoms with Crippen LogP contribution in [-0.4, -0.2) is 19.7 Å². The van der Waals surface area contributed by atoms with Gasteiger partial charge in [0.05, 0.1) is 18.0 Å². The number of nitriles is 1. The first-order valence-corrected chi connectivity index (χ1v) is 7.76. The Morgan fingerprint density at radius 1 is 1.13 bits per heavy atom. The second-order valence-electron chi connectivity index (χ2n) is 4.97. The number of aromatic nitrogens is 3. The monoisotopic (exact) mass is 318 g/mol. The zero-order chi connectivity index (χ0) is 15.8. The summed E-state index contributed by atoms with van der Waals surface area (Å²) in [4.78, 5) is 5.27. The molecular formula is C17H10N4OS. The maximum atomic E-state index is 10.0. The Kier molecular flexibility index (Phi) is 3.07. The van der Waals surface area contributed by atoms with E-state index in [1.54, 1.807) is 17.5 Å². The quantitative estimate of drug-likeness (QED) is 0.611. The first-order chi connectivity index (χ1) is 11.3. The highest BCUT2D eigenvalue weighted by Crippen LogP contribution is 2.35. The molecule has 3 heterocycles. The Hall–Kier alpha value is -3.17. The summed E-state index contributed by atoms with van der Waals surface area (Å²) in [6, 6.07) is 14.1. The summed E-state index contributed by atoms with van der Waals surface area (Å²) < 4.78 is 1.29. The van der Waals surface area contributed by atoms with Crippen LogP contribution >= 0.6 is 11.3 Å². The lowest BCUT2D eigenvalue weighted by atomic mass is 10.1. The van der Waals surface area contributed by atoms with E-state index >= 15 is 0 Å². The lowest BCUT2D eigenvalue weighted by molar-refractivity contribution is 0.433. The summed E-state index contributed by atoms with van der Waals surface area (Å²) in [7, 11) is 0. The van der Waals surface area contributed by atoms with Gasteiger partial charge < -0.3 is 5.11 Å². The van der Waals surface area contributed by atoms with Crippen molar-refractivity contribution >= 4 is 17.0 Å². The Bertz CT molecular complexity index is 1040. The van der Waals surface area contributed by atoms with E-state index in [0.717, 1.165) is 21.6 Å². The molecule has 110 valence electrons. The molecule has 1 N–H and O–H groups in total. The van der Waals surface area contributed by atoms with Crippen LogP contribution in [0, 0.1) is 11.3 Å². The second-order valence-corrected chi connectivity index (χ2v) is 5.88. The van der Waals surface area contributed by atoms with Gasteiger partial charge in [-0.2, -0.15) is 14.9 Å². The summed E-state index contributed by atoms with van der Waals surface area (Å²) in [5.74, 6) is -0.191. The first-order valence-electron chi connectivity index (χ1n) is 6.88. The molecule has 4 aromatic rings. The van der Waals surface area contributed by atoms with E-state index < -0.39 is 0 Å². The Morgan fingerprint density at radius 3 is 2.74 bits per heavy atom. The van der Waals surface area contributed by atoms with Crippen molar-refractivity contribution < 1.29 is 5.11 Å². The minimum absolute atomic E-state index is 0.100. The Labute approximate surface area is 135 Å². The van der Waals surface area contributed by atoms with Crippen LogP contribution < -0.4 is 0 Å². The predicted octanol–water partition coefficient (Wildman–Crippen LogP) is 3.70. The molecule has 0 radical (unpaired) electrons. The van der Waals surface area contributed by atoms with Gasteiger partial charge in [-0.3, -0.25) is 0 Å². The third-order valence-corrected chi connectivity index (χ3v) is 4.56. The van der Waals surface area contributed by atoms with Gasteiger partial charge in [0, 0.05) is 4.88 Å². The number of rotatable bonds is 2. The maximum Gasteiger partial charge on any atom is 0.234 e. The van der Waals surface area contributed by atoms with Crippen molar-refractivity contribution in [1.29, 1.82) is 5.26 Å². The molecule has 0 spiro atoms. The minimum atomic E-state index is -0.191. The molecule has 0 aliphatic heterocycles. The highest BCUT2D eigenvalue weighted by molar-refractivity contribution is 7.14. The molecule has 0 saturated heterocycles. The van der Waals surface area contributed by atoms with E-state index in [-0.39, 0.29) is 11.4 Å². The normalized spacial score (nSPS) is 10.7. The molecule has 0 aliphatic rings. The van der Waals surface area contributed by atoms with Gasteiger partial charge in [0.1, 0.15) is 11.6 Å². The number of fused-ring (bicyclic) bond motifs is 1. The molecule has 3 aromatic heterocycles. The molecule has 4 rings (SSSR count). The van der Waals surface area contributed by atoms with Gasteiger partial charge in [-0.1, -0.05) is 30.3 Å². The van der Waals surface area contributed by atoms with Crippen LogP contribution in [0.3, 0.4) is 0 Å². The number of nitrogens with zero attached hydrogens (tertiary/aromatic N) is 4. The Morgan fingerprint density at radius 2 is 1.96 bits per heavy atom. The molecule has 0 atom stereocenters. The van der Waals surface area contributed by atoms with E-state index in [4.69, 9.17) is 5.26 Å². The van der Waals surface area contributed by atoms with Crippen molar-refractivity contribution in [3.63, 3.8) is 0 Å². The van der Waals surface area contributed by atoms with Crippen molar-refractivity contribution in [1.82, 2.24) is 14.6 Å². The molecule has 6 heteroatoms. The van der Waals surface area contributed by atoms with Gasteiger partial charge in [0.15, 0.2) is 5.65 Å². The van der Waals surface area contributed by atoms with Gasteiger partial charge in [-0.05, 0) is 22.6 Å². The zero-order valence-corrected chi connectivity index (χ0v) is 12.7. The molecule has 0 aliphatic carbocycles. The summed E-state index contributed by atoms with van der Waals surface area (Å²) in [6.07, 6.45) is 3.02. The molecule has 0 amide bonds. The number of hydrogen-bond acceptors (Lipinski definition) is 5. The number of hydrogen-bond donors (Lipinski definition) is 1.